The Labute approximate surface area is 337 Å². The molecule has 0 aliphatic carbocycles. The zero-order chi connectivity index (χ0) is 37.5. The molecule has 0 aliphatic heterocycles. The topological polar surface area (TPSA) is 0 Å². The Hall–Kier alpha value is 0.441. The van der Waals surface area contributed by atoms with Crippen LogP contribution in [0.1, 0.15) is 32.2 Å². The first-order chi connectivity index (χ1) is 21.5. The summed E-state index contributed by atoms with van der Waals surface area (Å²) in [5, 5.41) is 1.82. The van der Waals surface area contributed by atoms with E-state index in [1.807, 2.05) is 60.7 Å². The van der Waals surface area contributed by atoms with E-state index in [1.165, 1.54) is 5.46 Å². The Balaban J connectivity index is 0.00000146. The van der Waals surface area contributed by atoms with Crippen LogP contribution in [-0.2, 0) is 46.7 Å². The van der Waals surface area contributed by atoms with Crippen molar-refractivity contribution in [1.29, 1.82) is 0 Å². The van der Waals surface area contributed by atoms with Gasteiger partial charge in [-0.1, -0.05) is 141 Å². The van der Waals surface area contributed by atoms with Crippen LogP contribution in [0, 0.1) is 12.1 Å². The van der Waals surface area contributed by atoms with Gasteiger partial charge >= 0.3 is 21.7 Å². The molecule has 268 valence electrons. The maximum Gasteiger partial charge on any atom is 4.00 e. The van der Waals surface area contributed by atoms with Crippen molar-refractivity contribution in [2.24, 2.45) is 0 Å². The molecule has 0 unspecified atom stereocenters. The average Bonchev–Trinajstić information content (AvgIpc) is 2.86. The molecule has 0 amide bonds. The van der Waals surface area contributed by atoms with Gasteiger partial charge in [0.2, 0.25) is 0 Å². The number of rotatable bonds is 10. The van der Waals surface area contributed by atoms with Gasteiger partial charge in [0.05, 0.1) is 0 Å². The van der Waals surface area contributed by atoms with E-state index in [2.05, 4.69) is 142 Å². The maximum absolute atomic E-state index is 6.10. The van der Waals surface area contributed by atoms with E-state index < -0.39 is 48.4 Å². The second-order valence-corrected chi connectivity index (χ2v) is 54.9. The SMILES string of the molecule is C[Si](C)(C)C(c1cc(C([Si](C)(C)C)[Si](C)(C)C)c(B([S-])[S-])c(C([Si](C)(C)C)[Si](C)(C)C)c1)[Si](C)(C)C.[Ti+4].[c-]1ccccc1.[c-]1ccccc1. The van der Waals surface area contributed by atoms with E-state index in [0.29, 0.717) is 10.3 Å². The zero-order valence-electron chi connectivity index (χ0n) is 34.6. The Morgan fingerprint density at radius 1 is 0.429 bits per heavy atom. The normalized spacial score (nSPS) is 12.9. The number of hydrogen-bond donors (Lipinski definition) is 0. The molecule has 3 aromatic rings. The monoisotopic (exact) mass is 828 g/mol. The van der Waals surface area contributed by atoms with Gasteiger partial charge in [-0.05, 0) is 21.1 Å². The second-order valence-electron chi connectivity index (χ2n) is 20.1. The van der Waals surface area contributed by atoms with Gasteiger partial charge in [-0.15, -0.1) is 5.46 Å². The predicted octanol–water partition coefficient (Wildman–Crippen LogP) is 12.0. The summed E-state index contributed by atoms with van der Waals surface area (Å²) < 4.78 is 0. The minimum Gasteiger partial charge on any atom is -0.844 e. The minimum atomic E-state index is -1.52. The molecule has 0 bridgehead atoms. The van der Waals surface area contributed by atoms with Crippen molar-refractivity contribution >= 4 is 84.1 Å². The molecule has 0 aromatic heterocycles. The van der Waals surface area contributed by atoms with E-state index in [-0.39, 0.29) is 27.0 Å². The maximum atomic E-state index is 6.10. The van der Waals surface area contributed by atoms with Gasteiger partial charge in [-0.25, -0.2) is 0 Å². The van der Waals surface area contributed by atoms with Gasteiger partial charge in [0.25, 0.3) is 0 Å². The zero-order valence-corrected chi connectivity index (χ0v) is 43.7. The molecule has 0 spiro atoms. The van der Waals surface area contributed by atoms with Gasteiger partial charge in [0, 0.05) is 48.4 Å². The van der Waals surface area contributed by atoms with Gasteiger partial charge < -0.3 is 25.0 Å². The summed E-state index contributed by atoms with van der Waals surface area (Å²) in [7, 11) is -9.00. The fourth-order valence-corrected chi connectivity index (χ4v) is 47.8. The van der Waals surface area contributed by atoms with Crippen LogP contribution in [0.3, 0.4) is 0 Å². The average molecular weight is 829 g/mol. The molecule has 0 saturated carbocycles. The molecule has 49 heavy (non-hydrogen) atoms. The molecule has 3 aromatic carbocycles. The smallest absolute Gasteiger partial charge is 0.844 e. The van der Waals surface area contributed by atoms with Gasteiger partial charge in [-0.3, -0.25) is 0 Å². The third-order valence-corrected chi connectivity index (χ3v) is 37.2. The van der Waals surface area contributed by atoms with E-state index in [1.54, 1.807) is 16.7 Å². The first-order valence-corrected chi connectivity index (χ1v) is 40.2. The molecular weight excluding hydrogens is 760 g/mol. The van der Waals surface area contributed by atoms with Crippen LogP contribution in [0.25, 0.3) is 0 Å². The van der Waals surface area contributed by atoms with E-state index in [4.69, 9.17) is 25.0 Å². The molecule has 0 aliphatic rings. The van der Waals surface area contributed by atoms with Crippen molar-refractivity contribution in [3.8, 4) is 0 Å². The van der Waals surface area contributed by atoms with Crippen molar-refractivity contribution in [3.63, 3.8) is 0 Å². The van der Waals surface area contributed by atoms with Gasteiger partial charge in [-0.2, -0.15) is 78.1 Å². The Bertz CT molecular complexity index is 1190. The summed E-state index contributed by atoms with van der Waals surface area (Å²) >= 11 is 12.2. The van der Waals surface area contributed by atoms with Gasteiger partial charge in [0.15, 0.2) is 0 Å². The van der Waals surface area contributed by atoms with Crippen LogP contribution >= 0.6 is 0 Å². The third kappa shape index (κ3) is 16.1. The van der Waals surface area contributed by atoms with Crippen molar-refractivity contribution < 1.29 is 21.7 Å². The molecule has 0 atom stereocenters. The summed E-state index contributed by atoms with van der Waals surface area (Å²) in [6.45, 7) is 46.8. The van der Waals surface area contributed by atoms with Crippen LogP contribution in [0.5, 0.6) is 0 Å². The van der Waals surface area contributed by atoms with Crippen LogP contribution in [0.4, 0.5) is 0 Å². The van der Waals surface area contributed by atoms with Crippen LogP contribution in [-0.4, -0.2) is 53.7 Å². The standard InChI is InChI=1S/C27H59BS2Si6.2C6H5.Ti/c1-31(2,3)25(32(4,5)6)21-19-22(26(33(7,8)9)34(10,11)12)24(28(29)30)23(20-21)27(35(13,14)15)36(16,17)18;2*1-2-4-6-5-3-1;/h19-20,25-27H,1-18H3;2*1-5H;/q-2;2*-1;+4. The molecule has 10 heteroatoms. The Morgan fingerprint density at radius 3 is 0.816 bits per heavy atom. The largest absolute Gasteiger partial charge is 4.00 e. The molecule has 0 fully saturated rings. The molecule has 0 saturated heterocycles. The third-order valence-electron chi connectivity index (χ3n) is 8.87. The summed E-state index contributed by atoms with van der Waals surface area (Å²) in [4.78, 5) is 0. The van der Waals surface area contributed by atoms with Crippen LogP contribution in [0.15, 0.2) is 72.8 Å². The van der Waals surface area contributed by atoms with E-state index in [0.717, 1.165) is 5.16 Å². The summed E-state index contributed by atoms with van der Waals surface area (Å²) in [6.07, 6.45) is 0. The minimum absolute atomic E-state index is 0. The molecule has 3 rings (SSSR count). The predicted molar refractivity (Wildman–Crippen MR) is 245 cm³/mol. The molecule has 0 radical (unpaired) electrons. The summed E-state index contributed by atoms with van der Waals surface area (Å²) in [6, 6.07) is 30.4. The number of benzene rings is 3. The van der Waals surface area contributed by atoms with Crippen molar-refractivity contribution in [3.05, 3.63) is 102 Å². The summed E-state index contributed by atoms with van der Waals surface area (Å²) in [5.41, 5.74) is 6.30. The number of hydrogen-bond acceptors (Lipinski definition) is 2. The van der Waals surface area contributed by atoms with Crippen LogP contribution < -0.4 is 5.46 Å². The first kappa shape index (κ1) is 49.4. The second kappa shape index (κ2) is 19.7. The van der Waals surface area contributed by atoms with Crippen molar-refractivity contribution in [2.75, 3.05) is 0 Å². The molecule has 0 heterocycles. The first-order valence-electron chi connectivity index (χ1n) is 17.8. The summed E-state index contributed by atoms with van der Waals surface area (Å²) in [5.74, 6) is 0. The fraction of sp³-hybridized carbons (Fsp3) is 0.538. The molecular formula is C39H69BS2Si6Ti. The Morgan fingerprint density at radius 2 is 0.673 bits per heavy atom. The van der Waals surface area contributed by atoms with Gasteiger partial charge in [0.1, 0.15) is 0 Å². The van der Waals surface area contributed by atoms with E-state index in [9.17, 15) is 0 Å². The molecule has 0 N–H and O–H groups in total. The van der Waals surface area contributed by atoms with Crippen molar-refractivity contribution in [2.45, 2.75) is 133 Å². The quantitative estimate of drug-likeness (QED) is 0.113. The fourth-order valence-electron chi connectivity index (χ4n) is 9.09. The van der Waals surface area contributed by atoms with Crippen LogP contribution in [0.2, 0.25) is 118 Å². The Kier molecular flexibility index (Phi) is 19.9. The molecule has 0 nitrogen and oxygen atoms in total. The van der Waals surface area contributed by atoms with E-state index >= 15 is 0 Å². The van der Waals surface area contributed by atoms with Crippen molar-refractivity contribution in [1.82, 2.24) is 0 Å².